The summed E-state index contributed by atoms with van der Waals surface area (Å²) in [7, 11) is 0. The van der Waals surface area contributed by atoms with Crippen molar-refractivity contribution in [1.29, 1.82) is 0 Å². The number of fused-ring (bicyclic) bond motifs is 1. The number of nitrogens with zero attached hydrogens (tertiary/aromatic N) is 5. The number of amides is 2. The van der Waals surface area contributed by atoms with Crippen molar-refractivity contribution >= 4 is 33.9 Å². The number of benzene rings is 1. The maximum absolute atomic E-state index is 12.9. The van der Waals surface area contributed by atoms with E-state index in [0.717, 1.165) is 17.0 Å². The Labute approximate surface area is 163 Å². The van der Waals surface area contributed by atoms with Crippen molar-refractivity contribution in [2.45, 2.75) is 13.3 Å². The molecule has 0 saturated carbocycles. The minimum atomic E-state index is -0.719. The number of imidazole rings is 1. The van der Waals surface area contributed by atoms with E-state index in [0.29, 0.717) is 10.8 Å². The normalized spacial score (nSPS) is 10.9. The van der Waals surface area contributed by atoms with Gasteiger partial charge in [-0.25, -0.2) is 9.97 Å². The maximum atomic E-state index is 12.9. The Morgan fingerprint density at radius 1 is 1.21 bits per heavy atom. The largest absolute Gasteiger partial charge is 0.364 e. The molecule has 9 nitrogen and oxygen atoms in total. The van der Waals surface area contributed by atoms with Crippen LogP contribution in [0, 0.1) is 0 Å². The minimum absolute atomic E-state index is 0.00369. The molecule has 0 aliphatic carbocycles. The van der Waals surface area contributed by atoms with Crippen LogP contribution in [0.5, 0.6) is 0 Å². The lowest BCUT2D eigenvalue weighted by Gasteiger charge is -2.08. The van der Waals surface area contributed by atoms with Crippen LogP contribution in [0.4, 0.5) is 5.13 Å². The quantitative estimate of drug-likeness (QED) is 0.535. The topological polar surface area (TPSA) is 128 Å². The van der Waals surface area contributed by atoms with Gasteiger partial charge in [-0.1, -0.05) is 48.6 Å². The molecule has 4 rings (SSSR count). The molecule has 3 aromatic heterocycles. The van der Waals surface area contributed by atoms with Gasteiger partial charge in [0.15, 0.2) is 11.3 Å². The average Bonchev–Trinajstić information content (AvgIpc) is 3.34. The van der Waals surface area contributed by atoms with E-state index in [1.54, 1.807) is 6.07 Å². The number of primary amides is 1. The van der Waals surface area contributed by atoms with Gasteiger partial charge in [-0.15, -0.1) is 10.2 Å². The SMILES string of the molecule is CCc1nnc(NC(=O)c2cc(-c3ccccc3)nc3c(C(N)=O)ncn23)s1. The summed E-state index contributed by atoms with van der Waals surface area (Å²) in [6.07, 6.45) is 2.08. The zero-order chi connectivity index (χ0) is 19.7. The third-order valence-electron chi connectivity index (χ3n) is 4.03. The highest BCUT2D eigenvalue weighted by molar-refractivity contribution is 7.15. The van der Waals surface area contributed by atoms with Gasteiger partial charge in [0.1, 0.15) is 17.0 Å². The van der Waals surface area contributed by atoms with E-state index >= 15 is 0 Å². The Morgan fingerprint density at radius 3 is 2.68 bits per heavy atom. The number of carbonyl (C=O) groups is 2. The molecule has 3 N–H and O–H groups in total. The van der Waals surface area contributed by atoms with Crippen LogP contribution in [-0.2, 0) is 6.42 Å². The van der Waals surface area contributed by atoms with Gasteiger partial charge in [0.05, 0.1) is 5.69 Å². The Hall–Kier alpha value is -3.66. The van der Waals surface area contributed by atoms with Crippen LogP contribution in [0.15, 0.2) is 42.7 Å². The first-order chi connectivity index (χ1) is 13.6. The second kappa shape index (κ2) is 7.16. The molecule has 0 radical (unpaired) electrons. The van der Waals surface area contributed by atoms with Gasteiger partial charge in [0, 0.05) is 5.56 Å². The smallest absolute Gasteiger partial charge is 0.274 e. The molecule has 0 atom stereocenters. The van der Waals surface area contributed by atoms with Crippen LogP contribution < -0.4 is 11.1 Å². The van der Waals surface area contributed by atoms with Gasteiger partial charge in [-0.05, 0) is 12.5 Å². The molecular weight excluding hydrogens is 378 g/mol. The molecule has 0 bridgehead atoms. The van der Waals surface area contributed by atoms with Gasteiger partial charge >= 0.3 is 0 Å². The van der Waals surface area contributed by atoms with Crippen LogP contribution in [0.2, 0.25) is 0 Å². The van der Waals surface area contributed by atoms with Crippen molar-refractivity contribution in [3.05, 3.63) is 59.1 Å². The van der Waals surface area contributed by atoms with Crippen LogP contribution in [-0.4, -0.2) is 36.4 Å². The number of anilines is 1. The summed E-state index contributed by atoms with van der Waals surface area (Å²) in [5.41, 5.74) is 7.18. The fraction of sp³-hybridized carbons (Fsp3) is 0.111. The second-order valence-corrected chi connectivity index (χ2v) is 6.91. The standard InChI is InChI=1S/C18H15N7O2S/c1-2-13-23-24-18(28-13)22-17(27)12-8-11(10-6-4-3-5-7-10)21-16-14(15(19)26)20-9-25(12)16/h3-9H,2H2,1H3,(H2,19,26)(H,22,24,27). The second-order valence-electron chi connectivity index (χ2n) is 5.85. The predicted octanol–water partition coefficient (Wildman–Crippen LogP) is 2.16. The molecular formula is C18H15N7O2S. The first-order valence-corrected chi connectivity index (χ1v) is 9.25. The average molecular weight is 393 g/mol. The summed E-state index contributed by atoms with van der Waals surface area (Å²) in [6.45, 7) is 1.96. The first kappa shape index (κ1) is 17.7. The zero-order valence-electron chi connectivity index (χ0n) is 14.8. The molecule has 0 aliphatic heterocycles. The highest BCUT2D eigenvalue weighted by Crippen LogP contribution is 2.22. The van der Waals surface area contributed by atoms with Crippen molar-refractivity contribution in [2.75, 3.05) is 5.32 Å². The lowest BCUT2D eigenvalue weighted by atomic mass is 10.1. The number of aromatic nitrogens is 5. The Bertz CT molecular complexity index is 1180. The van der Waals surface area contributed by atoms with Crippen LogP contribution >= 0.6 is 11.3 Å². The molecule has 10 heteroatoms. The van der Waals surface area contributed by atoms with Crippen molar-refractivity contribution in [1.82, 2.24) is 24.6 Å². The van der Waals surface area contributed by atoms with Gasteiger partial charge in [-0.3, -0.25) is 19.3 Å². The molecule has 140 valence electrons. The van der Waals surface area contributed by atoms with Crippen molar-refractivity contribution in [3.63, 3.8) is 0 Å². The van der Waals surface area contributed by atoms with Crippen molar-refractivity contribution in [2.24, 2.45) is 5.73 Å². The van der Waals surface area contributed by atoms with Crippen LogP contribution in [0.1, 0.15) is 32.9 Å². The molecule has 28 heavy (non-hydrogen) atoms. The zero-order valence-corrected chi connectivity index (χ0v) is 15.6. The number of hydrogen-bond donors (Lipinski definition) is 2. The van der Waals surface area contributed by atoms with Gasteiger partial charge < -0.3 is 5.73 Å². The monoisotopic (exact) mass is 393 g/mol. The maximum Gasteiger partial charge on any atom is 0.274 e. The minimum Gasteiger partial charge on any atom is -0.364 e. The van der Waals surface area contributed by atoms with Gasteiger partial charge in [-0.2, -0.15) is 0 Å². The Balaban J connectivity index is 1.83. The van der Waals surface area contributed by atoms with E-state index in [4.69, 9.17) is 5.73 Å². The van der Waals surface area contributed by atoms with E-state index in [1.165, 1.54) is 22.1 Å². The molecule has 0 fully saturated rings. The van der Waals surface area contributed by atoms with Crippen molar-refractivity contribution < 1.29 is 9.59 Å². The van der Waals surface area contributed by atoms with Crippen molar-refractivity contribution in [3.8, 4) is 11.3 Å². The molecule has 0 unspecified atom stereocenters. The molecule has 0 spiro atoms. The molecule has 2 amide bonds. The van der Waals surface area contributed by atoms with E-state index in [1.807, 2.05) is 37.3 Å². The van der Waals surface area contributed by atoms with Crippen LogP contribution in [0.3, 0.4) is 0 Å². The number of nitrogens with two attached hydrogens (primary N) is 1. The lowest BCUT2D eigenvalue weighted by molar-refractivity contribution is 0.0993. The third-order valence-corrected chi connectivity index (χ3v) is 5.01. The Kier molecular flexibility index (Phi) is 4.53. The fourth-order valence-electron chi connectivity index (χ4n) is 2.68. The number of nitrogens with one attached hydrogen (secondary N) is 1. The summed E-state index contributed by atoms with van der Waals surface area (Å²) in [4.78, 5) is 33.2. The summed E-state index contributed by atoms with van der Waals surface area (Å²) >= 11 is 1.30. The fourth-order valence-corrected chi connectivity index (χ4v) is 3.36. The summed E-state index contributed by atoms with van der Waals surface area (Å²) in [6, 6.07) is 11.0. The highest BCUT2D eigenvalue weighted by Gasteiger charge is 2.20. The van der Waals surface area contributed by atoms with Gasteiger partial charge in [0.2, 0.25) is 5.13 Å². The molecule has 0 saturated heterocycles. The molecule has 3 heterocycles. The summed E-state index contributed by atoms with van der Waals surface area (Å²) < 4.78 is 1.43. The number of rotatable bonds is 5. The van der Waals surface area contributed by atoms with Crippen LogP contribution in [0.25, 0.3) is 16.9 Å². The lowest BCUT2D eigenvalue weighted by Crippen LogP contribution is -2.17. The van der Waals surface area contributed by atoms with E-state index in [-0.39, 0.29) is 17.0 Å². The van der Waals surface area contributed by atoms with E-state index in [9.17, 15) is 9.59 Å². The van der Waals surface area contributed by atoms with E-state index in [2.05, 4.69) is 25.5 Å². The Morgan fingerprint density at radius 2 is 2.00 bits per heavy atom. The summed E-state index contributed by atoms with van der Waals surface area (Å²) in [5.74, 6) is -1.14. The van der Waals surface area contributed by atoms with E-state index < -0.39 is 11.8 Å². The highest BCUT2D eigenvalue weighted by atomic mass is 32.1. The summed E-state index contributed by atoms with van der Waals surface area (Å²) in [5, 5.41) is 11.9. The molecule has 4 aromatic rings. The number of carbonyl (C=O) groups excluding carboxylic acids is 2. The first-order valence-electron chi connectivity index (χ1n) is 8.44. The third kappa shape index (κ3) is 3.21. The number of hydrogen-bond acceptors (Lipinski definition) is 7. The predicted molar refractivity (Wildman–Crippen MR) is 104 cm³/mol. The molecule has 1 aromatic carbocycles. The number of aryl methyl sites for hydroxylation is 1. The molecule has 0 aliphatic rings. The van der Waals surface area contributed by atoms with Gasteiger partial charge in [0.25, 0.3) is 11.8 Å².